The second-order valence-electron chi connectivity index (χ2n) is 5.61. The third kappa shape index (κ3) is 2.51. The van der Waals surface area contributed by atoms with Crippen LogP contribution in [0.4, 0.5) is 0 Å². The van der Waals surface area contributed by atoms with E-state index in [0.29, 0.717) is 16.1 Å². The summed E-state index contributed by atoms with van der Waals surface area (Å²) in [7, 11) is 0. The standard InChI is InChI=1S/C21H14ClNO/c22-17-11-9-16(10-12-17)21(24)20-18(15-6-2-1-3-7-15)14-23-13-5-4-8-19(20)23/h1-14H. The summed E-state index contributed by atoms with van der Waals surface area (Å²) in [5.41, 5.74) is 4.20. The number of fused-ring (bicyclic) bond motifs is 1. The number of benzene rings is 2. The molecule has 0 aliphatic rings. The second-order valence-corrected chi connectivity index (χ2v) is 6.05. The van der Waals surface area contributed by atoms with Crippen LogP contribution in [-0.4, -0.2) is 10.2 Å². The summed E-state index contributed by atoms with van der Waals surface area (Å²) in [4.78, 5) is 13.2. The Morgan fingerprint density at radius 2 is 1.54 bits per heavy atom. The molecule has 0 unspecified atom stereocenters. The molecule has 116 valence electrons. The summed E-state index contributed by atoms with van der Waals surface area (Å²) in [6.07, 6.45) is 3.97. The van der Waals surface area contributed by atoms with Crippen molar-refractivity contribution in [1.29, 1.82) is 0 Å². The number of ketones is 1. The van der Waals surface area contributed by atoms with Crippen molar-refractivity contribution in [1.82, 2.24) is 4.40 Å². The molecular formula is C21H14ClNO. The van der Waals surface area contributed by atoms with Crippen LogP contribution >= 0.6 is 11.6 Å². The lowest BCUT2D eigenvalue weighted by Gasteiger charge is -2.05. The smallest absolute Gasteiger partial charge is 0.195 e. The summed E-state index contributed by atoms with van der Waals surface area (Å²) in [5, 5.41) is 0.622. The molecule has 0 fully saturated rings. The summed E-state index contributed by atoms with van der Waals surface area (Å²) in [6, 6.07) is 22.9. The van der Waals surface area contributed by atoms with Gasteiger partial charge in [-0.2, -0.15) is 0 Å². The van der Waals surface area contributed by atoms with Crippen molar-refractivity contribution in [3.05, 3.63) is 101 Å². The first-order valence-corrected chi connectivity index (χ1v) is 8.07. The Hall–Kier alpha value is -2.84. The summed E-state index contributed by atoms with van der Waals surface area (Å²) < 4.78 is 1.99. The molecule has 2 aromatic carbocycles. The fourth-order valence-corrected chi connectivity index (χ4v) is 3.07. The van der Waals surface area contributed by atoms with Gasteiger partial charge in [-0.15, -0.1) is 0 Å². The Bertz CT molecular complexity index is 1020. The van der Waals surface area contributed by atoms with Crippen molar-refractivity contribution in [2.45, 2.75) is 0 Å². The molecule has 0 bridgehead atoms. The first kappa shape index (κ1) is 14.7. The van der Waals surface area contributed by atoms with Crippen LogP contribution in [0.25, 0.3) is 16.6 Å². The van der Waals surface area contributed by atoms with E-state index in [-0.39, 0.29) is 5.78 Å². The molecule has 0 saturated heterocycles. The minimum Gasteiger partial charge on any atom is -0.322 e. The molecule has 0 radical (unpaired) electrons. The van der Waals surface area contributed by atoms with Crippen molar-refractivity contribution >= 4 is 22.9 Å². The molecule has 0 aliphatic heterocycles. The summed E-state index contributed by atoms with van der Waals surface area (Å²) >= 11 is 5.95. The Kier molecular flexibility index (Phi) is 3.68. The summed E-state index contributed by atoms with van der Waals surface area (Å²) in [5.74, 6) is -0.000722. The fraction of sp³-hybridized carbons (Fsp3) is 0. The van der Waals surface area contributed by atoms with Gasteiger partial charge in [-0.3, -0.25) is 4.79 Å². The lowest BCUT2D eigenvalue weighted by Crippen LogP contribution is -2.02. The van der Waals surface area contributed by atoms with Gasteiger partial charge in [0.2, 0.25) is 0 Å². The van der Waals surface area contributed by atoms with Crippen molar-refractivity contribution in [2.24, 2.45) is 0 Å². The average molecular weight is 332 g/mol. The van der Waals surface area contributed by atoms with Gasteiger partial charge in [-0.1, -0.05) is 48.0 Å². The van der Waals surface area contributed by atoms with Crippen LogP contribution < -0.4 is 0 Å². The zero-order valence-corrected chi connectivity index (χ0v) is 13.6. The molecular weight excluding hydrogens is 318 g/mol. The van der Waals surface area contributed by atoms with E-state index in [9.17, 15) is 4.79 Å². The molecule has 0 spiro atoms. The van der Waals surface area contributed by atoms with Crippen LogP contribution in [0, 0.1) is 0 Å². The zero-order chi connectivity index (χ0) is 16.5. The number of pyridine rings is 1. The van der Waals surface area contributed by atoms with Crippen LogP contribution in [0.5, 0.6) is 0 Å². The first-order valence-electron chi connectivity index (χ1n) is 7.69. The normalized spacial score (nSPS) is 10.9. The quantitative estimate of drug-likeness (QED) is 0.455. The van der Waals surface area contributed by atoms with Crippen molar-refractivity contribution in [3.63, 3.8) is 0 Å². The maximum Gasteiger partial charge on any atom is 0.195 e. The van der Waals surface area contributed by atoms with Gasteiger partial charge in [-0.05, 0) is 42.0 Å². The van der Waals surface area contributed by atoms with Crippen LogP contribution in [0.1, 0.15) is 15.9 Å². The predicted molar refractivity (Wildman–Crippen MR) is 97.7 cm³/mol. The average Bonchev–Trinajstić information content (AvgIpc) is 3.02. The van der Waals surface area contributed by atoms with Gasteiger partial charge in [0.25, 0.3) is 0 Å². The third-order valence-corrected chi connectivity index (χ3v) is 4.35. The summed E-state index contributed by atoms with van der Waals surface area (Å²) in [6.45, 7) is 0. The Morgan fingerprint density at radius 1 is 0.833 bits per heavy atom. The highest BCUT2D eigenvalue weighted by Gasteiger charge is 2.20. The monoisotopic (exact) mass is 331 g/mol. The molecule has 0 aliphatic carbocycles. The van der Waals surface area contributed by atoms with E-state index >= 15 is 0 Å². The SMILES string of the molecule is O=C(c1ccc(Cl)cc1)c1c(-c2ccccc2)cn2ccccc12. The van der Waals surface area contributed by atoms with Gasteiger partial charge >= 0.3 is 0 Å². The van der Waals surface area contributed by atoms with E-state index in [0.717, 1.165) is 16.6 Å². The molecule has 0 amide bonds. The highest BCUT2D eigenvalue weighted by molar-refractivity contribution is 6.30. The number of carbonyl (C=O) groups is 1. The number of halogens is 1. The van der Waals surface area contributed by atoms with E-state index in [1.54, 1.807) is 24.3 Å². The maximum absolute atomic E-state index is 13.2. The van der Waals surface area contributed by atoms with Crippen molar-refractivity contribution in [3.8, 4) is 11.1 Å². The van der Waals surface area contributed by atoms with Gasteiger partial charge in [0.05, 0.1) is 11.1 Å². The first-order chi connectivity index (χ1) is 11.7. The lowest BCUT2D eigenvalue weighted by molar-refractivity contribution is 0.104. The number of hydrogen-bond acceptors (Lipinski definition) is 1. The molecule has 3 heteroatoms. The highest BCUT2D eigenvalue weighted by atomic mass is 35.5. The molecule has 2 aromatic heterocycles. The number of hydrogen-bond donors (Lipinski definition) is 0. The topological polar surface area (TPSA) is 21.5 Å². The minimum absolute atomic E-state index is 0.000722. The number of nitrogens with zero attached hydrogens (tertiary/aromatic N) is 1. The van der Waals surface area contributed by atoms with Gasteiger partial charge in [0.15, 0.2) is 5.78 Å². The van der Waals surface area contributed by atoms with E-state index in [4.69, 9.17) is 11.6 Å². The molecule has 4 rings (SSSR count). The number of aromatic nitrogens is 1. The Labute approximate surface area is 144 Å². The molecule has 4 aromatic rings. The highest BCUT2D eigenvalue weighted by Crippen LogP contribution is 2.31. The molecule has 2 heterocycles. The van der Waals surface area contributed by atoms with Crippen LogP contribution in [0.3, 0.4) is 0 Å². The zero-order valence-electron chi connectivity index (χ0n) is 12.8. The molecule has 0 saturated carbocycles. The van der Waals surface area contributed by atoms with Gasteiger partial charge < -0.3 is 4.40 Å². The fourth-order valence-electron chi connectivity index (χ4n) is 2.94. The Balaban J connectivity index is 1.96. The predicted octanol–water partition coefficient (Wildman–Crippen LogP) is 5.49. The number of rotatable bonds is 3. The van der Waals surface area contributed by atoms with E-state index in [1.807, 2.05) is 65.3 Å². The van der Waals surface area contributed by atoms with E-state index in [2.05, 4.69) is 0 Å². The van der Waals surface area contributed by atoms with Crippen molar-refractivity contribution < 1.29 is 4.79 Å². The van der Waals surface area contributed by atoms with Crippen LogP contribution in [0.15, 0.2) is 85.2 Å². The maximum atomic E-state index is 13.2. The van der Waals surface area contributed by atoms with Gasteiger partial charge in [0, 0.05) is 28.5 Å². The van der Waals surface area contributed by atoms with E-state index < -0.39 is 0 Å². The van der Waals surface area contributed by atoms with Gasteiger partial charge in [-0.25, -0.2) is 0 Å². The minimum atomic E-state index is -0.000722. The lowest BCUT2D eigenvalue weighted by atomic mass is 9.96. The molecule has 2 nitrogen and oxygen atoms in total. The molecule has 0 atom stereocenters. The Morgan fingerprint density at radius 3 is 2.29 bits per heavy atom. The molecule has 0 N–H and O–H groups in total. The van der Waals surface area contributed by atoms with Crippen molar-refractivity contribution in [2.75, 3.05) is 0 Å². The van der Waals surface area contributed by atoms with Crippen LogP contribution in [-0.2, 0) is 0 Å². The van der Waals surface area contributed by atoms with Gasteiger partial charge in [0.1, 0.15) is 0 Å². The van der Waals surface area contributed by atoms with Crippen LogP contribution in [0.2, 0.25) is 5.02 Å². The largest absolute Gasteiger partial charge is 0.322 e. The number of carbonyl (C=O) groups excluding carboxylic acids is 1. The molecule has 24 heavy (non-hydrogen) atoms. The third-order valence-electron chi connectivity index (χ3n) is 4.10. The second kappa shape index (κ2) is 5.99. The van der Waals surface area contributed by atoms with E-state index in [1.165, 1.54) is 0 Å².